The summed E-state index contributed by atoms with van der Waals surface area (Å²) in [6.07, 6.45) is 2.95. The minimum atomic E-state index is -0.611. The van der Waals surface area contributed by atoms with Crippen molar-refractivity contribution >= 4 is 11.8 Å². The summed E-state index contributed by atoms with van der Waals surface area (Å²) in [4.78, 5) is 40.0. The summed E-state index contributed by atoms with van der Waals surface area (Å²) >= 11 is 0. The van der Waals surface area contributed by atoms with Crippen molar-refractivity contribution in [1.29, 1.82) is 0 Å². The molecule has 0 aliphatic heterocycles. The Labute approximate surface area is 176 Å². The predicted molar refractivity (Wildman–Crippen MR) is 115 cm³/mol. The summed E-state index contributed by atoms with van der Waals surface area (Å²) in [6.45, 7) is 9.98. The lowest BCUT2D eigenvalue weighted by molar-refractivity contribution is 0.0777. The van der Waals surface area contributed by atoms with Crippen LogP contribution in [0.3, 0.4) is 0 Å². The molecule has 0 unspecified atom stereocenters. The van der Waals surface area contributed by atoms with Crippen molar-refractivity contribution in [3.63, 3.8) is 0 Å². The van der Waals surface area contributed by atoms with Gasteiger partial charge in [-0.2, -0.15) is 0 Å². The Balaban J connectivity index is 2.34. The fourth-order valence-electron chi connectivity index (χ4n) is 3.07. The van der Waals surface area contributed by atoms with Crippen LogP contribution in [0.4, 0.5) is 4.39 Å². The quantitative estimate of drug-likeness (QED) is 0.752. The first-order chi connectivity index (χ1) is 14.0. The van der Waals surface area contributed by atoms with Crippen LogP contribution in [0.25, 0.3) is 0 Å². The molecule has 7 heteroatoms. The van der Waals surface area contributed by atoms with E-state index >= 15 is 0 Å². The Bertz CT molecular complexity index is 996. The molecule has 30 heavy (non-hydrogen) atoms. The molecular formula is C23H30FN3O3. The van der Waals surface area contributed by atoms with Gasteiger partial charge in [0.05, 0.1) is 0 Å². The molecule has 1 N–H and O–H groups in total. The monoisotopic (exact) mass is 415 g/mol. The Morgan fingerprint density at radius 2 is 1.77 bits per heavy atom. The number of pyridine rings is 1. The lowest BCUT2D eigenvalue weighted by Gasteiger charge is -2.21. The number of nitrogens with one attached hydrogen (secondary N) is 1. The first kappa shape index (κ1) is 23.3. The highest BCUT2D eigenvalue weighted by atomic mass is 19.1. The van der Waals surface area contributed by atoms with E-state index < -0.39 is 17.2 Å². The van der Waals surface area contributed by atoms with Crippen LogP contribution in [0.1, 0.15) is 65.6 Å². The van der Waals surface area contributed by atoms with Crippen molar-refractivity contribution in [3.05, 3.63) is 68.9 Å². The molecule has 2 rings (SSSR count). The lowest BCUT2D eigenvalue weighted by atomic mass is 10.1. The lowest BCUT2D eigenvalue weighted by Crippen LogP contribution is -2.37. The standard InChI is InChI=1S/C23H30FN3O3/c1-14(2)11-26(6)23(30)19-13-27(15(3)4)12-18(21(19)28)22(29)25-10-17-8-7-16(5)20(24)9-17/h7-9,12-15H,10-11H2,1-6H3,(H,25,29). The minimum Gasteiger partial charge on any atom is -0.350 e. The summed E-state index contributed by atoms with van der Waals surface area (Å²) in [6, 6.07) is 4.64. The highest BCUT2D eigenvalue weighted by molar-refractivity contribution is 5.99. The SMILES string of the molecule is Cc1ccc(CNC(=O)c2cn(C(C)C)cc(C(=O)N(C)CC(C)C)c2=O)cc1F. The number of halogens is 1. The highest BCUT2D eigenvalue weighted by Gasteiger charge is 2.22. The van der Waals surface area contributed by atoms with Gasteiger partial charge in [0.1, 0.15) is 16.9 Å². The van der Waals surface area contributed by atoms with Gasteiger partial charge in [0, 0.05) is 38.6 Å². The Kier molecular flexibility index (Phi) is 7.54. The fourth-order valence-corrected chi connectivity index (χ4v) is 3.07. The van der Waals surface area contributed by atoms with Crippen LogP contribution in [0.15, 0.2) is 35.4 Å². The van der Waals surface area contributed by atoms with E-state index in [1.165, 1.54) is 23.4 Å². The summed E-state index contributed by atoms with van der Waals surface area (Å²) < 4.78 is 15.4. The van der Waals surface area contributed by atoms with Crippen molar-refractivity contribution in [3.8, 4) is 0 Å². The van der Waals surface area contributed by atoms with E-state index in [1.807, 2.05) is 27.7 Å². The van der Waals surface area contributed by atoms with Gasteiger partial charge < -0.3 is 14.8 Å². The van der Waals surface area contributed by atoms with Gasteiger partial charge in [0.15, 0.2) is 0 Å². The van der Waals surface area contributed by atoms with Gasteiger partial charge >= 0.3 is 0 Å². The number of benzene rings is 1. The van der Waals surface area contributed by atoms with Crippen LogP contribution < -0.4 is 10.7 Å². The second-order valence-electron chi connectivity index (χ2n) is 8.30. The zero-order valence-corrected chi connectivity index (χ0v) is 18.5. The molecule has 0 saturated heterocycles. The molecule has 0 atom stereocenters. The third kappa shape index (κ3) is 5.55. The van der Waals surface area contributed by atoms with Crippen LogP contribution in [0.2, 0.25) is 0 Å². The molecule has 2 amide bonds. The van der Waals surface area contributed by atoms with E-state index in [-0.39, 0.29) is 35.4 Å². The van der Waals surface area contributed by atoms with Gasteiger partial charge in [0.25, 0.3) is 11.8 Å². The molecule has 0 radical (unpaired) electrons. The topological polar surface area (TPSA) is 71.4 Å². The van der Waals surface area contributed by atoms with Crippen LogP contribution >= 0.6 is 0 Å². The van der Waals surface area contributed by atoms with Crippen molar-refractivity contribution in [1.82, 2.24) is 14.8 Å². The van der Waals surface area contributed by atoms with E-state index in [4.69, 9.17) is 0 Å². The summed E-state index contributed by atoms with van der Waals surface area (Å²) in [5.41, 5.74) is 0.335. The first-order valence-electron chi connectivity index (χ1n) is 10.1. The van der Waals surface area contributed by atoms with Gasteiger partial charge in [-0.15, -0.1) is 0 Å². The number of rotatable bonds is 7. The van der Waals surface area contributed by atoms with E-state index in [2.05, 4.69) is 5.32 Å². The number of carbonyl (C=O) groups is 2. The Morgan fingerprint density at radius 1 is 1.13 bits per heavy atom. The smallest absolute Gasteiger partial charge is 0.259 e. The Morgan fingerprint density at radius 3 is 2.33 bits per heavy atom. The van der Waals surface area contributed by atoms with E-state index in [0.29, 0.717) is 17.7 Å². The third-order valence-corrected chi connectivity index (χ3v) is 4.79. The average molecular weight is 416 g/mol. The first-order valence-corrected chi connectivity index (χ1v) is 10.1. The van der Waals surface area contributed by atoms with Crippen molar-refractivity contribution in [2.24, 2.45) is 5.92 Å². The van der Waals surface area contributed by atoms with E-state index in [0.717, 1.165) is 0 Å². The van der Waals surface area contributed by atoms with Crippen LogP contribution in [0, 0.1) is 18.7 Å². The summed E-state index contributed by atoms with van der Waals surface area (Å²) in [5.74, 6) is -1.13. The van der Waals surface area contributed by atoms with Crippen LogP contribution in [0.5, 0.6) is 0 Å². The number of hydrogen-bond acceptors (Lipinski definition) is 3. The van der Waals surface area contributed by atoms with Crippen molar-refractivity contribution < 1.29 is 14.0 Å². The molecule has 6 nitrogen and oxygen atoms in total. The molecule has 0 spiro atoms. The number of nitrogens with zero attached hydrogens (tertiary/aromatic N) is 2. The fraction of sp³-hybridized carbons (Fsp3) is 0.435. The molecule has 0 bridgehead atoms. The number of carbonyl (C=O) groups excluding carboxylic acids is 2. The van der Waals surface area contributed by atoms with Crippen LogP contribution in [-0.4, -0.2) is 34.9 Å². The van der Waals surface area contributed by atoms with E-state index in [1.54, 1.807) is 30.7 Å². The summed E-state index contributed by atoms with van der Waals surface area (Å²) in [7, 11) is 1.64. The molecule has 2 aromatic rings. The van der Waals surface area contributed by atoms with Gasteiger partial charge in [-0.25, -0.2) is 4.39 Å². The number of amides is 2. The van der Waals surface area contributed by atoms with Crippen molar-refractivity contribution in [2.75, 3.05) is 13.6 Å². The maximum absolute atomic E-state index is 13.7. The molecule has 162 valence electrons. The second-order valence-corrected chi connectivity index (χ2v) is 8.30. The largest absolute Gasteiger partial charge is 0.350 e. The maximum atomic E-state index is 13.7. The second kappa shape index (κ2) is 9.69. The number of aryl methyl sites for hydroxylation is 1. The maximum Gasteiger partial charge on any atom is 0.259 e. The number of aromatic nitrogens is 1. The van der Waals surface area contributed by atoms with Crippen molar-refractivity contribution in [2.45, 2.75) is 47.2 Å². The molecule has 0 aliphatic carbocycles. The molecule has 1 aromatic heterocycles. The number of hydrogen-bond donors (Lipinski definition) is 1. The molecule has 0 fully saturated rings. The van der Waals surface area contributed by atoms with Gasteiger partial charge in [-0.05, 0) is 43.9 Å². The van der Waals surface area contributed by atoms with Gasteiger partial charge in [-0.3, -0.25) is 14.4 Å². The third-order valence-electron chi connectivity index (χ3n) is 4.79. The molecule has 1 aromatic carbocycles. The van der Waals surface area contributed by atoms with Gasteiger partial charge in [-0.1, -0.05) is 26.0 Å². The zero-order chi connectivity index (χ0) is 22.6. The zero-order valence-electron chi connectivity index (χ0n) is 18.5. The van der Waals surface area contributed by atoms with Gasteiger partial charge in [0.2, 0.25) is 5.43 Å². The van der Waals surface area contributed by atoms with Crippen LogP contribution in [-0.2, 0) is 6.54 Å². The average Bonchev–Trinajstić information content (AvgIpc) is 2.67. The molecule has 0 saturated carbocycles. The predicted octanol–water partition coefficient (Wildman–Crippen LogP) is 3.53. The normalized spacial score (nSPS) is 11.1. The molecular weight excluding hydrogens is 385 g/mol. The molecule has 0 aliphatic rings. The Hall–Kier alpha value is -2.96. The van der Waals surface area contributed by atoms with E-state index in [9.17, 15) is 18.8 Å². The highest BCUT2D eigenvalue weighted by Crippen LogP contribution is 2.11. The minimum absolute atomic E-state index is 0.0409. The summed E-state index contributed by atoms with van der Waals surface area (Å²) in [5, 5.41) is 2.65. The molecule has 1 heterocycles.